The number of carbonyl (C=O) groups is 1. The maximum absolute atomic E-state index is 12.8. The van der Waals surface area contributed by atoms with Gasteiger partial charge in [0.15, 0.2) is 0 Å². The summed E-state index contributed by atoms with van der Waals surface area (Å²) in [6, 6.07) is 2.04. The molecule has 18 heavy (non-hydrogen) atoms. The van der Waals surface area contributed by atoms with Gasteiger partial charge in [0.25, 0.3) is 0 Å². The quantitative estimate of drug-likeness (QED) is 0.874. The van der Waals surface area contributed by atoms with E-state index in [0.717, 1.165) is 6.20 Å². The SMILES string of the molecule is CC(c1ccc(F)cn1)N1CCOCC1C(=O)O. The maximum Gasteiger partial charge on any atom is 0.323 e. The second-order valence-electron chi connectivity index (χ2n) is 4.24. The number of halogens is 1. The standard InChI is InChI=1S/C12H15FN2O3/c1-8(10-3-2-9(13)6-14-10)15-4-5-18-7-11(15)12(16)17/h2-3,6,8,11H,4-5,7H2,1H3,(H,16,17). The van der Waals surface area contributed by atoms with Gasteiger partial charge in [-0.05, 0) is 19.1 Å². The van der Waals surface area contributed by atoms with E-state index in [1.54, 1.807) is 6.07 Å². The summed E-state index contributed by atoms with van der Waals surface area (Å²) in [5, 5.41) is 9.15. The molecule has 0 spiro atoms. The van der Waals surface area contributed by atoms with Gasteiger partial charge in [-0.15, -0.1) is 0 Å². The first kappa shape index (κ1) is 12.9. The first-order valence-corrected chi connectivity index (χ1v) is 5.77. The smallest absolute Gasteiger partial charge is 0.323 e. The van der Waals surface area contributed by atoms with Crippen LogP contribution in [0.4, 0.5) is 4.39 Å². The average Bonchev–Trinajstić information content (AvgIpc) is 2.39. The molecule has 2 unspecified atom stereocenters. The highest BCUT2D eigenvalue weighted by atomic mass is 19.1. The van der Waals surface area contributed by atoms with Crippen molar-refractivity contribution in [2.24, 2.45) is 0 Å². The van der Waals surface area contributed by atoms with Gasteiger partial charge in [0.05, 0.1) is 31.1 Å². The van der Waals surface area contributed by atoms with Crippen LogP contribution < -0.4 is 0 Å². The lowest BCUT2D eigenvalue weighted by molar-refractivity contribution is -0.151. The van der Waals surface area contributed by atoms with Crippen molar-refractivity contribution in [3.63, 3.8) is 0 Å². The van der Waals surface area contributed by atoms with Gasteiger partial charge in [-0.25, -0.2) is 4.39 Å². The summed E-state index contributed by atoms with van der Waals surface area (Å²) in [5.74, 6) is -1.31. The zero-order valence-electron chi connectivity index (χ0n) is 10.0. The molecule has 1 fully saturated rings. The van der Waals surface area contributed by atoms with Crippen molar-refractivity contribution in [1.82, 2.24) is 9.88 Å². The summed E-state index contributed by atoms with van der Waals surface area (Å²) in [6.07, 6.45) is 1.14. The van der Waals surface area contributed by atoms with Gasteiger partial charge in [0.2, 0.25) is 0 Å². The summed E-state index contributed by atoms with van der Waals surface area (Å²) in [6.45, 7) is 3.05. The second-order valence-corrected chi connectivity index (χ2v) is 4.24. The van der Waals surface area contributed by atoms with Gasteiger partial charge < -0.3 is 9.84 Å². The van der Waals surface area contributed by atoms with E-state index < -0.39 is 17.8 Å². The fraction of sp³-hybridized carbons (Fsp3) is 0.500. The van der Waals surface area contributed by atoms with E-state index in [1.807, 2.05) is 11.8 Å². The lowest BCUT2D eigenvalue weighted by Gasteiger charge is -2.36. The maximum atomic E-state index is 12.8. The van der Waals surface area contributed by atoms with Crippen molar-refractivity contribution in [2.45, 2.75) is 19.0 Å². The van der Waals surface area contributed by atoms with Gasteiger partial charge in [0.1, 0.15) is 11.9 Å². The number of aliphatic carboxylic acids is 1. The molecule has 2 rings (SSSR count). The predicted octanol–water partition coefficient (Wildman–Crippen LogP) is 1.07. The fourth-order valence-electron chi connectivity index (χ4n) is 2.10. The summed E-state index contributed by atoms with van der Waals surface area (Å²) in [7, 11) is 0. The van der Waals surface area contributed by atoms with E-state index in [1.165, 1.54) is 6.07 Å². The third-order valence-corrected chi connectivity index (χ3v) is 3.13. The lowest BCUT2D eigenvalue weighted by atomic mass is 10.1. The van der Waals surface area contributed by atoms with Crippen LogP contribution in [-0.2, 0) is 9.53 Å². The molecular weight excluding hydrogens is 239 g/mol. The van der Waals surface area contributed by atoms with Gasteiger partial charge in [-0.2, -0.15) is 0 Å². The molecule has 2 heterocycles. The molecule has 0 saturated carbocycles. The van der Waals surface area contributed by atoms with Crippen molar-refractivity contribution < 1.29 is 19.0 Å². The number of rotatable bonds is 3. The highest BCUT2D eigenvalue weighted by Gasteiger charge is 2.33. The predicted molar refractivity (Wildman–Crippen MR) is 61.6 cm³/mol. The van der Waals surface area contributed by atoms with Crippen LogP contribution in [0.15, 0.2) is 18.3 Å². The van der Waals surface area contributed by atoms with Gasteiger partial charge in [-0.3, -0.25) is 14.7 Å². The minimum Gasteiger partial charge on any atom is -0.480 e. The molecule has 1 aromatic rings. The lowest BCUT2D eigenvalue weighted by Crippen LogP contribution is -2.50. The van der Waals surface area contributed by atoms with Crippen molar-refractivity contribution in [2.75, 3.05) is 19.8 Å². The molecular formula is C12H15FN2O3. The van der Waals surface area contributed by atoms with Crippen LogP contribution in [0.1, 0.15) is 18.7 Å². The minimum absolute atomic E-state index is 0.168. The molecule has 0 aliphatic carbocycles. The van der Waals surface area contributed by atoms with Gasteiger partial charge >= 0.3 is 5.97 Å². The molecule has 1 aliphatic rings. The molecule has 1 aliphatic heterocycles. The first-order chi connectivity index (χ1) is 8.59. The molecule has 1 saturated heterocycles. The second kappa shape index (κ2) is 5.41. The molecule has 98 valence electrons. The van der Waals surface area contributed by atoms with Gasteiger partial charge in [0, 0.05) is 6.54 Å². The zero-order chi connectivity index (χ0) is 13.1. The van der Waals surface area contributed by atoms with E-state index in [2.05, 4.69) is 4.98 Å². The van der Waals surface area contributed by atoms with E-state index in [9.17, 15) is 9.18 Å². The topological polar surface area (TPSA) is 62.7 Å². The Kier molecular flexibility index (Phi) is 3.88. The number of nitrogens with zero attached hydrogens (tertiary/aromatic N) is 2. The number of hydrogen-bond acceptors (Lipinski definition) is 4. The fourth-order valence-corrected chi connectivity index (χ4v) is 2.10. The number of carboxylic acid groups (broad SMARTS) is 1. The molecule has 2 atom stereocenters. The van der Waals surface area contributed by atoms with Crippen LogP contribution in [0.2, 0.25) is 0 Å². The average molecular weight is 254 g/mol. The Morgan fingerprint density at radius 1 is 1.67 bits per heavy atom. The van der Waals surface area contributed by atoms with Crippen molar-refractivity contribution in [3.05, 3.63) is 29.8 Å². The minimum atomic E-state index is -0.913. The Bertz CT molecular complexity index is 424. The molecule has 6 heteroatoms. The highest BCUT2D eigenvalue weighted by Crippen LogP contribution is 2.23. The molecule has 0 bridgehead atoms. The highest BCUT2D eigenvalue weighted by molar-refractivity contribution is 5.73. The van der Waals surface area contributed by atoms with Crippen LogP contribution in [0.5, 0.6) is 0 Å². The van der Waals surface area contributed by atoms with E-state index >= 15 is 0 Å². The van der Waals surface area contributed by atoms with Crippen LogP contribution >= 0.6 is 0 Å². The number of morpholine rings is 1. The van der Waals surface area contributed by atoms with Crippen LogP contribution in [-0.4, -0.2) is 46.8 Å². The Labute approximate surface area is 104 Å². The monoisotopic (exact) mass is 254 g/mol. The van der Waals surface area contributed by atoms with Crippen LogP contribution in [0.3, 0.4) is 0 Å². The molecule has 0 aromatic carbocycles. The Morgan fingerprint density at radius 2 is 2.44 bits per heavy atom. The molecule has 0 amide bonds. The largest absolute Gasteiger partial charge is 0.480 e. The van der Waals surface area contributed by atoms with E-state index in [-0.39, 0.29) is 12.6 Å². The Hall–Kier alpha value is -1.53. The van der Waals surface area contributed by atoms with E-state index in [0.29, 0.717) is 18.8 Å². The number of carboxylic acids is 1. The molecule has 1 aromatic heterocycles. The van der Waals surface area contributed by atoms with Crippen LogP contribution in [0.25, 0.3) is 0 Å². The van der Waals surface area contributed by atoms with Crippen molar-refractivity contribution >= 4 is 5.97 Å². The normalized spacial score (nSPS) is 22.7. The molecule has 5 nitrogen and oxygen atoms in total. The van der Waals surface area contributed by atoms with Gasteiger partial charge in [-0.1, -0.05) is 0 Å². The molecule has 0 radical (unpaired) electrons. The Balaban J connectivity index is 2.17. The van der Waals surface area contributed by atoms with Crippen molar-refractivity contribution in [1.29, 1.82) is 0 Å². The zero-order valence-corrected chi connectivity index (χ0v) is 10.0. The summed E-state index contributed by atoms with van der Waals surface area (Å²) >= 11 is 0. The molecule has 1 N–H and O–H groups in total. The number of ether oxygens (including phenoxy) is 1. The number of hydrogen-bond donors (Lipinski definition) is 1. The summed E-state index contributed by atoms with van der Waals surface area (Å²) < 4.78 is 18.0. The third-order valence-electron chi connectivity index (χ3n) is 3.13. The number of aromatic nitrogens is 1. The summed E-state index contributed by atoms with van der Waals surface area (Å²) in [5.41, 5.74) is 0.657. The Morgan fingerprint density at radius 3 is 3.06 bits per heavy atom. The van der Waals surface area contributed by atoms with Crippen LogP contribution in [0, 0.1) is 5.82 Å². The van der Waals surface area contributed by atoms with E-state index in [4.69, 9.17) is 9.84 Å². The summed E-state index contributed by atoms with van der Waals surface area (Å²) in [4.78, 5) is 17.0. The number of pyridine rings is 1. The first-order valence-electron chi connectivity index (χ1n) is 5.77. The third kappa shape index (κ3) is 2.65. The van der Waals surface area contributed by atoms with Crippen molar-refractivity contribution in [3.8, 4) is 0 Å².